The fraction of sp³-hybridized carbons (Fsp3) is 0.308. The molecule has 0 spiro atoms. The van der Waals surface area contributed by atoms with E-state index in [1.165, 1.54) is 7.11 Å². The standard InChI is InChI=1S/C22H20BrN5O4.2C2H6/c1-31-16-9-8-15(18(10-16)32-2)13-27(22(29)30)21-24-11-17-19(23)26-28(20(17)25-21)12-14-6-4-3-5-7-14;2*1-2/h3-11H,12-13H2,1-2H3,(H,29,30);2*1-2H3. The van der Waals surface area contributed by atoms with Crippen molar-refractivity contribution in [1.82, 2.24) is 19.7 Å². The molecule has 0 fully saturated rings. The Balaban J connectivity index is 0.00000109. The van der Waals surface area contributed by atoms with Gasteiger partial charge in [0.05, 0.1) is 32.7 Å². The van der Waals surface area contributed by atoms with Crippen LogP contribution in [0.3, 0.4) is 0 Å². The zero-order valence-corrected chi connectivity index (χ0v) is 23.0. The molecule has 4 aromatic rings. The number of ether oxygens (including phenoxy) is 2. The van der Waals surface area contributed by atoms with E-state index in [4.69, 9.17) is 9.47 Å². The molecule has 1 amide bonds. The molecule has 0 radical (unpaired) electrons. The average molecular weight is 558 g/mol. The van der Waals surface area contributed by atoms with Gasteiger partial charge in [-0.05, 0) is 33.6 Å². The number of aromatic nitrogens is 4. The summed E-state index contributed by atoms with van der Waals surface area (Å²) in [4.78, 5) is 22.0. The summed E-state index contributed by atoms with van der Waals surface area (Å²) in [6.07, 6.45) is 0.382. The number of amides is 1. The molecule has 0 atom stereocenters. The highest BCUT2D eigenvalue weighted by Gasteiger charge is 2.22. The minimum absolute atomic E-state index is 0.00198. The Morgan fingerprint density at radius 2 is 1.75 bits per heavy atom. The minimum Gasteiger partial charge on any atom is -0.497 e. The summed E-state index contributed by atoms with van der Waals surface area (Å²) in [6, 6.07) is 15.0. The van der Waals surface area contributed by atoms with Crippen molar-refractivity contribution >= 4 is 39.0 Å². The third kappa shape index (κ3) is 6.72. The number of rotatable bonds is 7. The lowest BCUT2D eigenvalue weighted by Crippen LogP contribution is -2.30. The largest absolute Gasteiger partial charge is 0.497 e. The zero-order chi connectivity index (χ0) is 26.7. The molecule has 2 aromatic carbocycles. The second-order valence-electron chi connectivity index (χ2n) is 6.89. The number of benzene rings is 2. The molecule has 0 aliphatic heterocycles. The number of carbonyl (C=O) groups is 1. The highest BCUT2D eigenvalue weighted by molar-refractivity contribution is 9.10. The van der Waals surface area contributed by atoms with Crippen LogP contribution < -0.4 is 14.4 Å². The minimum atomic E-state index is -1.18. The quantitative estimate of drug-likeness (QED) is 0.280. The number of fused-ring (bicyclic) bond motifs is 1. The van der Waals surface area contributed by atoms with E-state index in [0.29, 0.717) is 39.2 Å². The number of carboxylic acid groups (broad SMARTS) is 1. The second-order valence-corrected chi connectivity index (χ2v) is 7.64. The number of anilines is 1. The van der Waals surface area contributed by atoms with Crippen molar-refractivity contribution in [3.05, 3.63) is 70.5 Å². The first-order chi connectivity index (χ1) is 17.5. The Bertz CT molecular complexity index is 1260. The summed E-state index contributed by atoms with van der Waals surface area (Å²) in [7, 11) is 3.07. The lowest BCUT2D eigenvalue weighted by atomic mass is 10.2. The summed E-state index contributed by atoms with van der Waals surface area (Å²) in [5.74, 6) is 1.16. The van der Waals surface area contributed by atoms with Crippen molar-refractivity contribution in [2.24, 2.45) is 0 Å². The molecule has 2 aromatic heterocycles. The number of hydrogen-bond acceptors (Lipinski definition) is 6. The van der Waals surface area contributed by atoms with Gasteiger partial charge in [-0.2, -0.15) is 10.1 Å². The molecule has 4 rings (SSSR count). The topological polar surface area (TPSA) is 103 Å². The SMILES string of the molecule is CC.CC.COc1ccc(CN(C(=O)O)c2ncc3c(Br)nn(Cc4ccccc4)c3n2)c(OC)c1. The molecular formula is C26H32BrN5O4. The van der Waals surface area contributed by atoms with Crippen LogP contribution in [0, 0.1) is 0 Å². The van der Waals surface area contributed by atoms with Crippen molar-refractivity contribution in [1.29, 1.82) is 0 Å². The fourth-order valence-corrected chi connectivity index (χ4v) is 3.76. The Labute approximate surface area is 219 Å². The predicted octanol–water partition coefficient (Wildman–Crippen LogP) is 6.39. The van der Waals surface area contributed by atoms with Gasteiger partial charge in [-0.15, -0.1) is 0 Å². The first kappa shape index (κ1) is 28.6. The summed E-state index contributed by atoms with van der Waals surface area (Å²) in [5, 5.41) is 15.1. The Morgan fingerprint density at radius 1 is 1.06 bits per heavy atom. The van der Waals surface area contributed by atoms with Gasteiger partial charge in [-0.25, -0.2) is 19.4 Å². The molecular weight excluding hydrogens is 526 g/mol. The van der Waals surface area contributed by atoms with Crippen molar-refractivity contribution in [2.45, 2.75) is 40.8 Å². The summed E-state index contributed by atoms with van der Waals surface area (Å²) in [6.45, 7) is 8.49. The molecule has 0 saturated heterocycles. The summed E-state index contributed by atoms with van der Waals surface area (Å²) >= 11 is 3.44. The lowest BCUT2D eigenvalue weighted by Gasteiger charge is -2.19. The average Bonchev–Trinajstić information content (AvgIpc) is 3.24. The van der Waals surface area contributed by atoms with Crippen LogP contribution in [0.5, 0.6) is 11.5 Å². The van der Waals surface area contributed by atoms with Crippen molar-refractivity contribution in [2.75, 3.05) is 19.1 Å². The molecule has 2 heterocycles. The van der Waals surface area contributed by atoms with Crippen LogP contribution in [0.25, 0.3) is 11.0 Å². The van der Waals surface area contributed by atoms with Crippen molar-refractivity contribution in [3.63, 3.8) is 0 Å². The highest BCUT2D eigenvalue weighted by Crippen LogP contribution is 2.28. The summed E-state index contributed by atoms with van der Waals surface area (Å²) < 4.78 is 12.9. The monoisotopic (exact) mass is 557 g/mol. The maximum atomic E-state index is 12.1. The van der Waals surface area contributed by atoms with Gasteiger partial charge in [0.25, 0.3) is 0 Å². The number of halogens is 1. The van der Waals surface area contributed by atoms with Gasteiger partial charge < -0.3 is 14.6 Å². The second kappa shape index (κ2) is 14.0. The number of nitrogens with zero attached hydrogens (tertiary/aromatic N) is 5. The van der Waals surface area contributed by atoms with E-state index in [2.05, 4.69) is 31.0 Å². The van der Waals surface area contributed by atoms with Gasteiger partial charge in [0.2, 0.25) is 5.95 Å². The number of hydrogen-bond donors (Lipinski definition) is 1. The first-order valence-corrected chi connectivity index (χ1v) is 12.4. The first-order valence-electron chi connectivity index (χ1n) is 11.6. The van der Waals surface area contributed by atoms with E-state index >= 15 is 0 Å². The molecule has 1 N–H and O–H groups in total. The van der Waals surface area contributed by atoms with Crippen LogP contribution in [0.1, 0.15) is 38.8 Å². The van der Waals surface area contributed by atoms with E-state index in [-0.39, 0.29) is 12.5 Å². The van der Waals surface area contributed by atoms with E-state index < -0.39 is 6.09 Å². The molecule has 36 heavy (non-hydrogen) atoms. The van der Waals surface area contributed by atoms with E-state index in [0.717, 1.165) is 10.5 Å². The number of methoxy groups -OCH3 is 2. The van der Waals surface area contributed by atoms with Crippen molar-refractivity contribution < 1.29 is 19.4 Å². The van der Waals surface area contributed by atoms with Crippen LogP contribution in [0.4, 0.5) is 10.7 Å². The van der Waals surface area contributed by atoms with Crippen LogP contribution in [0.15, 0.2) is 59.3 Å². The van der Waals surface area contributed by atoms with Gasteiger partial charge in [-0.3, -0.25) is 0 Å². The third-order valence-electron chi connectivity index (χ3n) is 4.90. The smallest absolute Gasteiger partial charge is 0.414 e. The Hall–Kier alpha value is -3.66. The molecule has 9 nitrogen and oxygen atoms in total. The van der Waals surface area contributed by atoms with Crippen LogP contribution in [-0.2, 0) is 13.1 Å². The highest BCUT2D eigenvalue weighted by atomic mass is 79.9. The fourth-order valence-electron chi connectivity index (χ4n) is 3.29. The van der Waals surface area contributed by atoms with Crippen LogP contribution >= 0.6 is 15.9 Å². The molecule has 0 aliphatic carbocycles. The molecule has 0 aliphatic rings. The molecule has 0 bridgehead atoms. The van der Waals surface area contributed by atoms with Gasteiger partial charge >= 0.3 is 6.09 Å². The van der Waals surface area contributed by atoms with Crippen LogP contribution in [-0.4, -0.2) is 45.2 Å². The predicted molar refractivity (Wildman–Crippen MR) is 145 cm³/mol. The van der Waals surface area contributed by atoms with Gasteiger partial charge in [0, 0.05) is 17.8 Å². The molecule has 0 unspecified atom stereocenters. The molecule has 0 saturated carbocycles. The molecule has 10 heteroatoms. The normalized spacial score (nSPS) is 9.97. The van der Waals surface area contributed by atoms with E-state index in [9.17, 15) is 9.90 Å². The van der Waals surface area contributed by atoms with E-state index in [1.807, 2.05) is 58.0 Å². The summed E-state index contributed by atoms with van der Waals surface area (Å²) in [5.41, 5.74) is 2.22. The lowest BCUT2D eigenvalue weighted by molar-refractivity contribution is 0.201. The van der Waals surface area contributed by atoms with E-state index in [1.54, 1.807) is 36.2 Å². The Morgan fingerprint density at radius 3 is 2.36 bits per heavy atom. The van der Waals surface area contributed by atoms with Gasteiger partial charge in [0.15, 0.2) is 5.65 Å². The van der Waals surface area contributed by atoms with Gasteiger partial charge in [0.1, 0.15) is 16.1 Å². The maximum Gasteiger partial charge on any atom is 0.414 e. The van der Waals surface area contributed by atoms with Crippen molar-refractivity contribution in [3.8, 4) is 11.5 Å². The Kier molecular flexibility index (Phi) is 11.1. The van der Waals surface area contributed by atoms with Crippen LogP contribution in [0.2, 0.25) is 0 Å². The third-order valence-corrected chi connectivity index (χ3v) is 5.49. The zero-order valence-electron chi connectivity index (χ0n) is 21.4. The molecule has 192 valence electrons. The maximum absolute atomic E-state index is 12.1. The van der Waals surface area contributed by atoms with Gasteiger partial charge in [-0.1, -0.05) is 58.0 Å².